The highest BCUT2D eigenvalue weighted by molar-refractivity contribution is 5.98. The number of rotatable bonds is 9. The summed E-state index contributed by atoms with van der Waals surface area (Å²) in [6, 6.07) is 5.01. The second-order valence-corrected chi connectivity index (χ2v) is 5.80. The summed E-state index contributed by atoms with van der Waals surface area (Å²) in [4.78, 5) is 24.0. The number of nitrogens with two attached hydrogens (primary N) is 1. The van der Waals surface area contributed by atoms with Gasteiger partial charge in [-0.1, -0.05) is 0 Å². The number of methoxy groups -OCH3 is 2. The summed E-state index contributed by atoms with van der Waals surface area (Å²) >= 11 is 0. The third-order valence-electron chi connectivity index (χ3n) is 4.05. The minimum atomic E-state index is -0.144. The number of hydrogen-bond donors (Lipinski definition) is 2. The fourth-order valence-corrected chi connectivity index (χ4v) is 2.39. The Morgan fingerprint density at radius 3 is 2.46 bits per heavy atom. The van der Waals surface area contributed by atoms with Crippen LogP contribution in [0.25, 0.3) is 0 Å². The van der Waals surface area contributed by atoms with Crippen molar-refractivity contribution < 1.29 is 19.1 Å². The second-order valence-electron chi connectivity index (χ2n) is 5.80. The van der Waals surface area contributed by atoms with E-state index >= 15 is 0 Å². The minimum absolute atomic E-state index is 0. The standard InChI is InChI=1S/C17H24N2O4.ClH/c1-22-15-7-5-12(9-16(15)23-2)14(20)6-8-17(21)19-10-13(18)11-3-4-11;/h5,7,9,11,13H,3-4,6,8,10,18H2,1-2H3,(H,19,21);1H. The van der Waals surface area contributed by atoms with Gasteiger partial charge in [0.2, 0.25) is 5.91 Å². The molecule has 0 bridgehead atoms. The van der Waals surface area contributed by atoms with Crippen molar-refractivity contribution in [3.8, 4) is 11.5 Å². The summed E-state index contributed by atoms with van der Waals surface area (Å²) in [5.41, 5.74) is 6.43. The molecule has 0 spiro atoms. The number of carbonyl (C=O) groups is 2. The van der Waals surface area contributed by atoms with Gasteiger partial charge in [-0.2, -0.15) is 0 Å². The van der Waals surface area contributed by atoms with Crippen molar-refractivity contribution in [3.05, 3.63) is 23.8 Å². The molecule has 1 aliphatic carbocycles. The van der Waals surface area contributed by atoms with E-state index in [0.29, 0.717) is 29.5 Å². The van der Waals surface area contributed by atoms with Crippen molar-refractivity contribution in [2.45, 2.75) is 31.7 Å². The molecule has 1 aromatic carbocycles. The van der Waals surface area contributed by atoms with Gasteiger partial charge < -0.3 is 20.5 Å². The molecule has 1 unspecified atom stereocenters. The lowest BCUT2D eigenvalue weighted by Crippen LogP contribution is -2.38. The molecule has 7 heteroatoms. The molecule has 2 rings (SSSR count). The number of carbonyl (C=O) groups excluding carboxylic acids is 2. The van der Waals surface area contributed by atoms with E-state index in [0.717, 1.165) is 12.8 Å². The van der Waals surface area contributed by atoms with E-state index in [4.69, 9.17) is 15.2 Å². The number of benzene rings is 1. The Morgan fingerprint density at radius 1 is 1.21 bits per heavy atom. The van der Waals surface area contributed by atoms with Gasteiger partial charge in [0.25, 0.3) is 0 Å². The molecule has 134 valence electrons. The van der Waals surface area contributed by atoms with Gasteiger partial charge in [0, 0.05) is 31.0 Å². The zero-order chi connectivity index (χ0) is 16.8. The SMILES string of the molecule is COc1ccc(C(=O)CCC(=O)NCC(N)C2CC2)cc1OC.Cl. The number of nitrogens with one attached hydrogen (secondary N) is 1. The van der Waals surface area contributed by atoms with Crippen LogP contribution in [0.4, 0.5) is 0 Å². The smallest absolute Gasteiger partial charge is 0.220 e. The molecule has 0 heterocycles. The summed E-state index contributed by atoms with van der Waals surface area (Å²) in [7, 11) is 3.05. The lowest BCUT2D eigenvalue weighted by molar-refractivity contribution is -0.121. The van der Waals surface area contributed by atoms with Gasteiger partial charge in [-0.05, 0) is 37.0 Å². The average molecular weight is 357 g/mol. The first-order valence-corrected chi connectivity index (χ1v) is 7.82. The lowest BCUT2D eigenvalue weighted by Gasteiger charge is -2.11. The highest BCUT2D eigenvalue weighted by atomic mass is 35.5. The molecule has 3 N–H and O–H groups in total. The first-order chi connectivity index (χ1) is 11.0. The number of Topliss-reactive ketones (excluding diaryl/α,β-unsaturated/α-hetero) is 1. The van der Waals surface area contributed by atoms with Crippen LogP contribution in [0.1, 0.15) is 36.0 Å². The number of halogens is 1. The van der Waals surface area contributed by atoms with Crippen molar-refractivity contribution in [1.82, 2.24) is 5.32 Å². The molecule has 0 aliphatic heterocycles. The van der Waals surface area contributed by atoms with Gasteiger partial charge in [-0.3, -0.25) is 9.59 Å². The second kappa shape index (κ2) is 9.49. The van der Waals surface area contributed by atoms with Gasteiger partial charge in [-0.25, -0.2) is 0 Å². The molecule has 1 saturated carbocycles. The van der Waals surface area contributed by atoms with E-state index in [-0.39, 0.29) is 43.0 Å². The number of ketones is 1. The molecule has 6 nitrogen and oxygen atoms in total. The van der Waals surface area contributed by atoms with Crippen LogP contribution in [0, 0.1) is 5.92 Å². The summed E-state index contributed by atoms with van der Waals surface area (Å²) in [6.45, 7) is 0.480. The maximum atomic E-state index is 12.2. The topological polar surface area (TPSA) is 90.7 Å². The summed E-state index contributed by atoms with van der Waals surface area (Å²) in [5.74, 6) is 1.36. The van der Waals surface area contributed by atoms with Gasteiger partial charge in [0.15, 0.2) is 17.3 Å². The van der Waals surface area contributed by atoms with E-state index < -0.39 is 0 Å². The van der Waals surface area contributed by atoms with Crippen LogP contribution in [-0.4, -0.2) is 38.5 Å². The zero-order valence-electron chi connectivity index (χ0n) is 14.0. The van der Waals surface area contributed by atoms with E-state index in [1.165, 1.54) is 14.2 Å². The largest absolute Gasteiger partial charge is 0.493 e. The van der Waals surface area contributed by atoms with Crippen molar-refractivity contribution in [3.63, 3.8) is 0 Å². The average Bonchev–Trinajstić information content (AvgIpc) is 3.41. The first-order valence-electron chi connectivity index (χ1n) is 7.82. The van der Waals surface area contributed by atoms with E-state index in [9.17, 15) is 9.59 Å². The molecule has 1 aliphatic rings. The highest BCUT2D eigenvalue weighted by Crippen LogP contribution is 2.31. The Labute approximate surface area is 148 Å². The Morgan fingerprint density at radius 2 is 1.88 bits per heavy atom. The Kier molecular flexibility index (Phi) is 8.01. The van der Waals surface area contributed by atoms with Crippen molar-refractivity contribution in [2.24, 2.45) is 11.7 Å². The van der Waals surface area contributed by atoms with Gasteiger partial charge in [0.1, 0.15) is 0 Å². The fourth-order valence-electron chi connectivity index (χ4n) is 2.39. The third kappa shape index (κ3) is 5.69. The monoisotopic (exact) mass is 356 g/mol. The van der Waals surface area contributed by atoms with Crippen LogP contribution >= 0.6 is 12.4 Å². The van der Waals surface area contributed by atoms with Crippen LogP contribution in [0.15, 0.2) is 18.2 Å². The number of hydrogen-bond acceptors (Lipinski definition) is 5. The van der Waals surface area contributed by atoms with Gasteiger partial charge in [-0.15, -0.1) is 12.4 Å². The summed E-state index contributed by atoms with van der Waals surface area (Å²) in [5, 5.41) is 2.79. The zero-order valence-corrected chi connectivity index (χ0v) is 14.9. The maximum Gasteiger partial charge on any atom is 0.220 e. The molecule has 1 aromatic rings. The fraction of sp³-hybridized carbons (Fsp3) is 0.529. The normalized spacial score (nSPS) is 14.3. The molecule has 0 saturated heterocycles. The lowest BCUT2D eigenvalue weighted by atomic mass is 10.1. The van der Waals surface area contributed by atoms with E-state index in [1.54, 1.807) is 18.2 Å². The molecular formula is C17H25ClN2O4. The minimum Gasteiger partial charge on any atom is -0.493 e. The quantitative estimate of drug-likeness (QED) is 0.660. The van der Waals surface area contributed by atoms with Crippen LogP contribution < -0.4 is 20.5 Å². The predicted octanol–water partition coefficient (Wildman–Crippen LogP) is 1.94. The molecule has 1 amide bonds. The van der Waals surface area contributed by atoms with Crippen molar-refractivity contribution in [2.75, 3.05) is 20.8 Å². The number of ether oxygens (including phenoxy) is 2. The Bertz CT molecular complexity index is 576. The van der Waals surface area contributed by atoms with Crippen LogP contribution in [0.5, 0.6) is 11.5 Å². The van der Waals surface area contributed by atoms with Crippen LogP contribution in [0.3, 0.4) is 0 Å². The molecule has 1 fully saturated rings. The Balaban J connectivity index is 0.00000288. The highest BCUT2D eigenvalue weighted by Gasteiger charge is 2.28. The first kappa shape index (κ1) is 20.3. The Hall–Kier alpha value is -1.79. The molecule has 1 atom stereocenters. The van der Waals surface area contributed by atoms with Crippen LogP contribution in [0.2, 0.25) is 0 Å². The molecule has 24 heavy (non-hydrogen) atoms. The van der Waals surface area contributed by atoms with Crippen molar-refractivity contribution >= 4 is 24.1 Å². The van der Waals surface area contributed by atoms with Gasteiger partial charge in [0.05, 0.1) is 14.2 Å². The van der Waals surface area contributed by atoms with E-state index in [2.05, 4.69) is 5.32 Å². The van der Waals surface area contributed by atoms with Crippen molar-refractivity contribution in [1.29, 1.82) is 0 Å². The van der Waals surface area contributed by atoms with E-state index in [1.807, 2.05) is 0 Å². The third-order valence-corrected chi connectivity index (χ3v) is 4.05. The predicted molar refractivity (Wildman–Crippen MR) is 94.1 cm³/mol. The van der Waals surface area contributed by atoms with Gasteiger partial charge >= 0.3 is 0 Å². The van der Waals surface area contributed by atoms with Crippen LogP contribution in [-0.2, 0) is 4.79 Å². The summed E-state index contributed by atoms with van der Waals surface area (Å²) in [6.07, 6.45) is 2.61. The maximum absolute atomic E-state index is 12.2. The molecular weight excluding hydrogens is 332 g/mol. The molecule has 0 radical (unpaired) electrons. The number of amides is 1. The molecule has 0 aromatic heterocycles. The summed E-state index contributed by atoms with van der Waals surface area (Å²) < 4.78 is 10.3.